The van der Waals surface area contributed by atoms with Crippen LogP contribution in [0.2, 0.25) is 0 Å². The van der Waals surface area contributed by atoms with Crippen molar-refractivity contribution in [3.05, 3.63) is 59.7 Å². The molecule has 8 nitrogen and oxygen atoms in total. The fourth-order valence-electron chi connectivity index (χ4n) is 4.82. The quantitative estimate of drug-likeness (QED) is 0.512. The van der Waals surface area contributed by atoms with Gasteiger partial charge in [-0.25, -0.2) is 9.59 Å². The summed E-state index contributed by atoms with van der Waals surface area (Å²) in [6.07, 6.45) is -0.235. The van der Waals surface area contributed by atoms with Gasteiger partial charge in [-0.3, -0.25) is 4.79 Å². The Hall–Kier alpha value is -3.39. The number of aliphatic hydroxyl groups excluding tert-OH is 1. The van der Waals surface area contributed by atoms with E-state index in [0.29, 0.717) is 19.3 Å². The average molecular weight is 453 g/mol. The molecule has 0 radical (unpaired) electrons. The third-order valence-electron chi connectivity index (χ3n) is 6.52. The van der Waals surface area contributed by atoms with E-state index in [2.05, 4.69) is 34.9 Å². The van der Waals surface area contributed by atoms with Crippen LogP contribution in [-0.2, 0) is 14.3 Å². The van der Waals surface area contributed by atoms with Crippen LogP contribution < -0.4 is 10.6 Å². The number of aliphatic carboxylic acids is 1. The molecule has 0 aromatic heterocycles. The number of alkyl carbamates (subject to hydrolysis) is 1. The lowest BCUT2D eigenvalue weighted by Crippen LogP contribution is -2.49. The Morgan fingerprint density at radius 2 is 1.64 bits per heavy atom. The number of carboxylic acid groups (broad SMARTS) is 1. The molecular formula is C25H28N2O6. The molecule has 2 aliphatic rings. The van der Waals surface area contributed by atoms with Gasteiger partial charge in [0.25, 0.3) is 0 Å². The minimum absolute atomic E-state index is 0.0290. The largest absolute Gasteiger partial charge is 0.480 e. The van der Waals surface area contributed by atoms with Crippen molar-refractivity contribution in [1.82, 2.24) is 10.6 Å². The number of hydrogen-bond acceptors (Lipinski definition) is 5. The predicted octanol–water partition coefficient (Wildman–Crippen LogP) is 2.64. The third-order valence-corrected chi connectivity index (χ3v) is 6.52. The maximum absolute atomic E-state index is 12.5. The number of ether oxygens (including phenoxy) is 1. The SMILES string of the molecule is C[C@@H](O)[C@H](NC(=O)C1CCC(NC(=O)OCC2c3ccccc3-c3ccccc32)C1)C(=O)O. The molecule has 174 valence electrons. The molecule has 2 amide bonds. The van der Waals surface area contributed by atoms with Crippen LogP contribution in [0.3, 0.4) is 0 Å². The van der Waals surface area contributed by atoms with E-state index in [1.165, 1.54) is 6.92 Å². The zero-order valence-corrected chi connectivity index (χ0v) is 18.4. The van der Waals surface area contributed by atoms with E-state index < -0.39 is 36.0 Å². The number of fused-ring (bicyclic) bond motifs is 3. The molecule has 0 saturated heterocycles. The molecule has 0 heterocycles. The molecule has 0 spiro atoms. The molecule has 1 fully saturated rings. The van der Waals surface area contributed by atoms with Gasteiger partial charge in [-0.2, -0.15) is 0 Å². The van der Waals surface area contributed by atoms with Gasteiger partial charge < -0.3 is 25.6 Å². The second kappa shape index (κ2) is 9.62. The lowest BCUT2D eigenvalue weighted by Gasteiger charge is -2.20. The minimum atomic E-state index is -1.35. The number of benzene rings is 2. The number of amides is 2. The number of carbonyl (C=O) groups excluding carboxylic acids is 2. The Morgan fingerprint density at radius 1 is 1.03 bits per heavy atom. The standard InChI is InChI=1S/C25H28N2O6/c1-14(28)22(24(30)31)27-23(29)15-10-11-16(12-15)26-25(32)33-13-21-19-8-4-2-6-17(19)18-7-3-5-9-20(18)21/h2-9,14-16,21-22,28H,10-13H2,1H3,(H,26,32)(H,27,29)(H,30,31)/t14-,15?,16?,22+/m1/s1. The van der Waals surface area contributed by atoms with Gasteiger partial charge in [-0.15, -0.1) is 0 Å². The average Bonchev–Trinajstić information content (AvgIpc) is 3.38. The molecule has 4 N–H and O–H groups in total. The van der Waals surface area contributed by atoms with Gasteiger partial charge in [0.15, 0.2) is 6.04 Å². The van der Waals surface area contributed by atoms with E-state index in [9.17, 15) is 19.5 Å². The fourth-order valence-corrected chi connectivity index (χ4v) is 4.82. The van der Waals surface area contributed by atoms with Gasteiger partial charge in [0.05, 0.1) is 6.10 Å². The van der Waals surface area contributed by atoms with E-state index in [0.717, 1.165) is 22.3 Å². The van der Waals surface area contributed by atoms with Gasteiger partial charge >= 0.3 is 12.1 Å². The summed E-state index contributed by atoms with van der Waals surface area (Å²) in [4.78, 5) is 36.1. The van der Waals surface area contributed by atoms with Crippen LogP contribution in [0.25, 0.3) is 11.1 Å². The maximum atomic E-state index is 12.5. The Bertz CT molecular complexity index is 1010. The Labute approximate surface area is 192 Å². The molecule has 0 aliphatic heterocycles. The molecule has 1 saturated carbocycles. The van der Waals surface area contributed by atoms with Crippen LogP contribution in [0.4, 0.5) is 4.79 Å². The number of rotatable bonds is 7. The number of nitrogens with one attached hydrogen (secondary N) is 2. The predicted molar refractivity (Wildman–Crippen MR) is 121 cm³/mol. The van der Waals surface area contributed by atoms with Crippen LogP contribution in [0.1, 0.15) is 43.2 Å². The molecule has 2 aromatic carbocycles. The van der Waals surface area contributed by atoms with Crippen LogP contribution in [0.15, 0.2) is 48.5 Å². The lowest BCUT2D eigenvalue weighted by atomic mass is 9.98. The summed E-state index contributed by atoms with van der Waals surface area (Å²) < 4.78 is 5.56. The monoisotopic (exact) mass is 452 g/mol. The highest BCUT2D eigenvalue weighted by molar-refractivity contribution is 5.85. The summed E-state index contributed by atoms with van der Waals surface area (Å²) in [5.74, 6) is -2.17. The zero-order chi connectivity index (χ0) is 23.5. The summed E-state index contributed by atoms with van der Waals surface area (Å²) in [6.45, 7) is 1.53. The summed E-state index contributed by atoms with van der Waals surface area (Å²) in [5.41, 5.74) is 4.58. The normalized spacial score (nSPS) is 20.9. The van der Waals surface area contributed by atoms with Gasteiger partial charge in [-0.1, -0.05) is 48.5 Å². The van der Waals surface area contributed by atoms with Gasteiger partial charge in [0, 0.05) is 17.9 Å². The van der Waals surface area contributed by atoms with E-state index in [1.54, 1.807) is 0 Å². The zero-order valence-electron chi connectivity index (χ0n) is 18.4. The van der Waals surface area contributed by atoms with Crippen molar-refractivity contribution in [2.45, 2.75) is 50.3 Å². The van der Waals surface area contributed by atoms with Crippen LogP contribution in [0.5, 0.6) is 0 Å². The molecule has 2 aromatic rings. The highest BCUT2D eigenvalue weighted by Crippen LogP contribution is 2.44. The van der Waals surface area contributed by atoms with Crippen molar-refractivity contribution in [2.75, 3.05) is 6.61 Å². The minimum Gasteiger partial charge on any atom is -0.480 e. The van der Waals surface area contributed by atoms with Crippen LogP contribution in [-0.4, -0.2) is 53.0 Å². The molecular weight excluding hydrogens is 424 g/mol. The topological polar surface area (TPSA) is 125 Å². The van der Waals surface area contributed by atoms with Crippen LogP contribution in [0, 0.1) is 5.92 Å². The summed E-state index contributed by atoms with van der Waals surface area (Å²) in [7, 11) is 0. The molecule has 33 heavy (non-hydrogen) atoms. The second-order valence-electron chi connectivity index (χ2n) is 8.74. The smallest absolute Gasteiger partial charge is 0.407 e. The number of hydrogen-bond donors (Lipinski definition) is 4. The van der Waals surface area contributed by atoms with Gasteiger partial charge in [-0.05, 0) is 48.4 Å². The highest BCUT2D eigenvalue weighted by Gasteiger charge is 2.35. The van der Waals surface area contributed by atoms with Crippen molar-refractivity contribution in [1.29, 1.82) is 0 Å². The fraction of sp³-hybridized carbons (Fsp3) is 0.400. The molecule has 4 atom stereocenters. The lowest BCUT2D eigenvalue weighted by molar-refractivity contribution is -0.145. The maximum Gasteiger partial charge on any atom is 0.407 e. The first-order valence-electron chi connectivity index (χ1n) is 11.2. The van der Waals surface area contributed by atoms with Crippen molar-refractivity contribution in [3.63, 3.8) is 0 Å². The second-order valence-corrected chi connectivity index (χ2v) is 8.74. The van der Waals surface area contributed by atoms with Crippen molar-refractivity contribution in [2.24, 2.45) is 5.92 Å². The number of aliphatic hydroxyl groups is 1. The van der Waals surface area contributed by atoms with Crippen molar-refractivity contribution >= 4 is 18.0 Å². The Kier molecular flexibility index (Phi) is 6.65. The molecule has 8 heteroatoms. The first-order valence-corrected chi connectivity index (χ1v) is 11.2. The Morgan fingerprint density at radius 3 is 2.21 bits per heavy atom. The first-order chi connectivity index (χ1) is 15.8. The third kappa shape index (κ3) is 4.85. The molecule has 2 unspecified atom stereocenters. The number of carboxylic acids is 1. The molecule has 2 aliphatic carbocycles. The van der Waals surface area contributed by atoms with Gasteiger partial charge in [0.1, 0.15) is 6.61 Å². The highest BCUT2D eigenvalue weighted by atomic mass is 16.5. The Balaban J connectivity index is 1.30. The molecule has 0 bridgehead atoms. The summed E-state index contributed by atoms with van der Waals surface area (Å²) >= 11 is 0. The van der Waals surface area contributed by atoms with Crippen LogP contribution >= 0.6 is 0 Å². The molecule has 4 rings (SSSR count). The summed E-state index contributed by atoms with van der Waals surface area (Å²) in [5, 5.41) is 23.9. The van der Waals surface area contributed by atoms with Crippen molar-refractivity contribution < 1.29 is 29.3 Å². The first kappa shape index (κ1) is 22.8. The number of carbonyl (C=O) groups is 3. The van der Waals surface area contributed by atoms with E-state index >= 15 is 0 Å². The van der Waals surface area contributed by atoms with E-state index in [-0.39, 0.29) is 18.6 Å². The van der Waals surface area contributed by atoms with E-state index in [1.807, 2.05) is 24.3 Å². The van der Waals surface area contributed by atoms with E-state index in [4.69, 9.17) is 9.84 Å². The van der Waals surface area contributed by atoms with Crippen molar-refractivity contribution in [3.8, 4) is 11.1 Å². The van der Waals surface area contributed by atoms with Gasteiger partial charge in [0.2, 0.25) is 5.91 Å². The summed E-state index contributed by atoms with van der Waals surface area (Å²) in [6, 6.07) is 14.6.